The quantitative estimate of drug-likeness (QED) is 0.919. The summed E-state index contributed by atoms with van der Waals surface area (Å²) in [6, 6.07) is 7.96. The van der Waals surface area contributed by atoms with E-state index in [0.29, 0.717) is 18.8 Å². The standard InChI is InChI=1S/C18H24N2O3/c1-22-18-6-5-13(10-19)9-14(18)11-20-7-8-23-12-16(20)15-3-2-4-17(15)21/h5-6,9,15-17,21H,2-4,7-8,11-12H2,1H3/t15-,16-,17+/m1/s1. The van der Waals surface area contributed by atoms with Gasteiger partial charge in [-0.2, -0.15) is 5.26 Å². The van der Waals surface area contributed by atoms with E-state index in [2.05, 4.69) is 11.0 Å². The molecule has 0 amide bonds. The summed E-state index contributed by atoms with van der Waals surface area (Å²) in [6.07, 6.45) is 2.81. The third-order valence-corrected chi connectivity index (χ3v) is 5.09. The van der Waals surface area contributed by atoms with Crippen LogP contribution in [0.2, 0.25) is 0 Å². The molecule has 0 radical (unpaired) electrons. The summed E-state index contributed by atoms with van der Waals surface area (Å²) < 4.78 is 11.1. The minimum absolute atomic E-state index is 0.225. The van der Waals surface area contributed by atoms with E-state index < -0.39 is 0 Å². The molecule has 2 fully saturated rings. The molecule has 1 aromatic carbocycles. The average molecular weight is 316 g/mol. The molecule has 124 valence electrons. The molecule has 1 aliphatic carbocycles. The second kappa shape index (κ2) is 7.31. The fraction of sp³-hybridized carbons (Fsp3) is 0.611. The molecule has 1 saturated carbocycles. The maximum Gasteiger partial charge on any atom is 0.123 e. The van der Waals surface area contributed by atoms with E-state index >= 15 is 0 Å². The van der Waals surface area contributed by atoms with Crippen molar-refractivity contribution in [2.75, 3.05) is 26.9 Å². The minimum Gasteiger partial charge on any atom is -0.496 e. The predicted molar refractivity (Wildman–Crippen MR) is 86.1 cm³/mol. The Balaban J connectivity index is 1.80. The number of nitrogens with zero attached hydrogens (tertiary/aromatic N) is 2. The van der Waals surface area contributed by atoms with E-state index in [-0.39, 0.29) is 18.1 Å². The van der Waals surface area contributed by atoms with Crippen LogP contribution in [0.4, 0.5) is 0 Å². The highest BCUT2D eigenvalue weighted by atomic mass is 16.5. The molecule has 5 heteroatoms. The lowest BCUT2D eigenvalue weighted by Gasteiger charge is -2.40. The van der Waals surface area contributed by atoms with E-state index in [1.165, 1.54) is 0 Å². The lowest BCUT2D eigenvalue weighted by Crippen LogP contribution is -2.50. The smallest absolute Gasteiger partial charge is 0.123 e. The van der Waals surface area contributed by atoms with Gasteiger partial charge in [0.1, 0.15) is 5.75 Å². The molecular formula is C18H24N2O3. The Labute approximate surface area is 137 Å². The van der Waals surface area contributed by atoms with Gasteiger partial charge in [0, 0.05) is 30.6 Å². The molecule has 1 heterocycles. The molecule has 1 N–H and O–H groups in total. The van der Waals surface area contributed by atoms with Crippen molar-refractivity contribution in [3.8, 4) is 11.8 Å². The highest BCUT2D eigenvalue weighted by Gasteiger charge is 2.37. The number of aliphatic hydroxyl groups excluding tert-OH is 1. The molecule has 0 aromatic heterocycles. The van der Waals surface area contributed by atoms with Crippen molar-refractivity contribution >= 4 is 0 Å². The fourth-order valence-electron chi connectivity index (χ4n) is 3.86. The zero-order valence-corrected chi connectivity index (χ0v) is 13.6. The van der Waals surface area contributed by atoms with Gasteiger partial charge in [0.05, 0.1) is 38.1 Å². The van der Waals surface area contributed by atoms with Crippen molar-refractivity contribution in [1.82, 2.24) is 4.90 Å². The number of hydrogen-bond donors (Lipinski definition) is 1. The first-order chi connectivity index (χ1) is 11.2. The van der Waals surface area contributed by atoms with Crippen molar-refractivity contribution in [3.63, 3.8) is 0 Å². The Morgan fingerprint density at radius 2 is 2.30 bits per heavy atom. The van der Waals surface area contributed by atoms with Gasteiger partial charge in [-0.15, -0.1) is 0 Å². The molecule has 0 bridgehead atoms. The molecule has 0 unspecified atom stereocenters. The second-order valence-electron chi connectivity index (χ2n) is 6.41. The third kappa shape index (κ3) is 3.50. The summed E-state index contributed by atoms with van der Waals surface area (Å²) in [7, 11) is 1.66. The largest absolute Gasteiger partial charge is 0.496 e. The molecule has 0 spiro atoms. The van der Waals surface area contributed by atoms with Crippen molar-refractivity contribution < 1.29 is 14.6 Å². The summed E-state index contributed by atoms with van der Waals surface area (Å²) in [5.74, 6) is 1.08. The topological polar surface area (TPSA) is 65.7 Å². The first-order valence-corrected chi connectivity index (χ1v) is 8.30. The van der Waals surface area contributed by atoms with E-state index in [1.54, 1.807) is 13.2 Å². The van der Waals surface area contributed by atoms with Crippen molar-refractivity contribution in [3.05, 3.63) is 29.3 Å². The van der Waals surface area contributed by atoms with Crippen LogP contribution in [0, 0.1) is 17.2 Å². The maximum absolute atomic E-state index is 10.3. The highest BCUT2D eigenvalue weighted by molar-refractivity contribution is 5.42. The number of aliphatic hydroxyl groups is 1. The summed E-state index contributed by atoms with van der Waals surface area (Å²) in [4.78, 5) is 2.38. The van der Waals surface area contributed by atoms with Gasteiger partial charge in [0.25, 0.3) is 0 Å². The summed E-state index contributed by atoms with van der Waals surface area (Å²) in [6.45, 7) is 2.94. The Morgan fingerprint density at radius 1 is 1.43 bits per heavy atom. The third-order valence-electron chi connectivity index (χ3n) is 5.09. The summed E-state index contributed by atoms with van der Waals surface area (Å²) in [5.41, 5.74) is 1.66. The maximum atomic E-state index is 10.3. The van der Waals surface area contributed by atoms with Gasteiger partial charge in [-0.1, -0.05) is 6.42 Å². The van der Waals surface area contributed by atoms with Crippen LogP contribution in [0.1, 0.15) is 30.4 Å². The lowest BCUT2D eigenvalue weighted by molar-refractivity contribution is -0.0538. The van der Waals surface area contributed by atoms with Crippen LogP contribution >= 0.6 is 0 Å². The zero-order valence-electron chi connectivity index (χ0n) is 13.6. The van der Waals surface area contributed by atoms with E-state index in [1.807, 2.05) is 12.1 Å². The number of rotatable bonds is 4. The predicted octanol–water partition coefficient (Wildman–Crippen LogP) is 1.93. The zero-order chi connectivity index (χ0) is 16.2. The lowest BCUT2D eigenvalue weighted by atomic mass is 9.93. The van der Waals surface area contributed by atoms with Gasteiger partial charge >= 0.3 is 0 Å². The van der Waals surface area contributed by atoms with Crippen LogP contribution in [-0.2, 0) is 11.3 Å². The van der Waals surface area contributed by atoms with Crippen LogP contribution in [-0.4, -0.2) is 49.0 Å². The SMILES string of the molecule is COc1ccc(C#N)cc1CN1CCOC[C@@H]1[C@H]1CCC[C@@H]1O. The normalized spacial score (nSPS) is 28.5. The summed E-state index contributed by atoms with van der Waals surface area (Å²) >= 11 is 0. The van der Waals surface area contributed by atoms with Gasteiger partial charge in [-0.3, -0.25) is 4.90 Å². The first-order valence-electron chi connectivity index (χ1n) is 8.30. The summed E-state index contributed by atoms with van der Waals surface area (Å²) in [5, 5.41) is 19.4. The van der Waals surface area contributed by atoms with Gasteiger partial charge in [0.15, 0.2) is 0 Å². The molecule has 23 heavy (non-hydrogen) atoms. The van der Waals surface area contributed by atoms with Gasteiger partial charge in [-0.05, 0) is 31.0 Å². The molecule has 5 nitrogen and oxygen atoms in total. The van der Waals surface area contributed by atoms with Crippen LogP contribution in [0.15, 0.2) is 18.2 Å². The van der Waals surface area contributed by atoms with Gasteiger partial charge in [0.2, 0.25) is 0 Å². The molecule has 3 rings (SSSR count). The fourth-order valence-corrected chi connectivity index (χ4v) is 3.86. The average Bonchev–Trinajstić information content (AvgIpc) is 3.01. The van der Waals surface area contributed by atoms with Crippen LogP contribution in [0.5, 0.6) is 5.75 Å². The Kier molecular flexibility index (Phi) is 5.16. The molecule has 1 aliphatic heterocycles. The molecular weight excluding hydrogens is 292 g/mol. The number of ether oxygens (including phenoxy) is 2. The number of morpholine rings is 1. The molecule has 1 aromatic rings. The van der Waals surface area contributed by atoms with Crippen LogP contribution < -0.4 is 4.74 Å². The van der Waals surface area contributed by atoms with Crippen molar-refractivity contribution in [2.45, 2.75) is 38.0 Å². The second-order valence-corrected chi connectivity index (χ2v) is 6.41. The number of nitriles is 1. The monoisotopic (exact) mass is 316 g/mol. The van der Waals surface area contributed by atoms with E-state index in [4.69, 9.17) is 14.7 Å². The number of methoxy groups -OCH3 is 1. The Hall–Kier alpha value is -1.61. The Bertz CT molecular complexity index is 584. The molecule has 3 atom stereocenters. The van der Waals surface area contributed by atoms with E-state index in [9.17, 15) is 5.11 Å². The minimum atomic E-state index is -0.225. The molecule has 2 aliphatic rings. The van der Waals surface area contributed by atoms with Gasteiger partial charge in [-0.25, -0.2) is 0 Å². The van der Waals surface area contributed by atoms with Crippen LogP contribution in [0.3, 0.4) is 0 Å². The number of benzene rings is 1. The first kappa shape index (κ1) is 16.3. The van der Waals surface area contributed by atoms with Gasteiger partial charge < -0.3 is 14.6 Å². The van der Waals surface area contributed by atoms with Crippen molar-refractivity contribution in [2.24, 2.45) is 5.92 Å². The van der Waals surface area contributed by atoms with Crippen molar-refractivity contribution in [1.29, 1.82) is 5.26 Å². The van der Waals surface area contributed by atoms with Crippen LogP contribution in [0.25, 0.3) is 0 Å². The highest BCUT2D eigenvalue weighted by Crippen LogP contribution is 2.33. The molecule has 1 saturated heterocycles. The number of hydrogen-bond acceptors (Lipinski definition) is 5. The Morgan fingerprint density at radius 3 is 3.00 bits per heavy atom. The van der Waals surface area contributed by atoms with E-state index in [0.717, 1.165) is 43.7 Å².